The number of anilines is 1. The van der Waals surface area contributed by atoms with Crippen LogP contribution in [0.25, 0.3) is 11.3 Å². The quantitative estimate of drug-likeness (QED) is 0.529. The predicted octanol–water partition coefficient (Wildman–Crippen LogP) is 5.05. The molecule has 0 radical (unpaired) electrons. The molecule has 2 aromatic heterocycles. The van der Waals surface area contributed by atoms with E-state index < -0.39 is 0 Å². The molecule has 6 heteroatoms. The van der Waals surface area contributed by atoms with Gasteiger partial charge in [-0.2, -0.15) is 21.1 Å². The Hall–Kier alpha value is -3.25. The number of nitrogens with one attached hydrogen (secondary N) is 1. The van der Waals surface area contributed by atoms with E-state index in [4.69, 9.17) is 0 Å². The lowest BCUT2D eigenvalue weighted by Crippen LogP contribution is -2.16. The summed E-state index contributed by atoms with van der Waals surface area (Å²) in [6, 6.07) is 19.7. The van der Waals surface area contributed by atoms with Crippen molar-refractivity contribution >= 4 is 23.1 Å². The molecule has 2 heterocycles. The maximum atomic E-state index is 14.2. The van der Waals surface area contributed by atoms with Crippen LogP contribution in [0.4, 0.5) is 10.2 Å². The van der Waals surface area contributed by atoms with Gasteiger partial charge in [-0.15, -0.1) is 0 Å². The maximum Gasteiger partial charge on any atom is 0.280 e. The zero-order valence-electron chi connectivity index (χ0n) is 14.3. The van der Waals surface area contributed by atoms with Crippen molar-refractivity contribution in [3.63, 3.8) is 0 Å². The number of hydrogen-bond donors (Lipinski definition) is 1. The molecule has 4 nitrogen and oxygen atoms in total. The van der Waals surface area contributed by atoms with Gasteiger partial charge in [0.2, 0.25) is 0 Å². The molecule has 0 saturated heterocycles. The van der Waals surface area contributed by atoms with Crippen LogP contribution in [-0.2, 0) is 6.54 Å². The number of aromatic nitrogens is 2. The third-order valence-electron chi connectivity index (χ3n) is 4.14. The van der Waals surface area contributed by atoms with Crippen LogP contribution >= 0.6 is 11.3 Å². The van der Waals surface area contributed by atoms with E-state index in [0.29, 0.717) is 29.2 Å². The minimum atomic E-state index is -0.375. The second kappa shape index (κ2) is 7.55. The summed E-state index contributed by atoms with van der Waals surface area (Å²) in [7, 11) is 0. The molecule has 0 aliphatic carbocycles. The van der Waals surface area contributed by atoms with Crippen molar-refractivity contribution in [3.05, 3.63) is 94.4 Å². The van der Waals surface area contributed by atoms with E-state index in [0.717, 1.165) is 5.56 Å². The Kier molecular flexibility index (Phi) is 4.80. The SMILES string of the molecule is O=C(c1ccsc1)n1nc(-c2ccccc2F)cc1NCc1ccccc1. The summed E-state index contributed by atoms with van der Waals surface area (Å²) in [4.78, 5) is 12.8. The number of rotatable bonds is 5. The van der Waals surface area contributed by atoms with Gasteiger partial charge in [-0.1, -0.05) is 42.5 Å². The number of carbonyl (C=O) groups excluding carboxylic acids is 1. The van der Waals surface area contributed by atoms with Crippen molar-refractivity contribution in [1.82, 2.24) is 9.78 Å². The van der Waals surface area contributed by atoms with E-state index in [1.54, 1.807) is 35.7 Å². The first-order valence-electron chi connectivity index (χ1n) is 8.42. The van der Waals surface area contributed by atoms with Crippen LogP contribution in [0.5, 0.6) is 0 Å². The molecule has 0 saturated carbocycles. The Morgan fingerprint density at radius 1 is 1.07 bits per heavy atom. The van der Waals surface area contributed by atoms with Gasteiger partial charge >= 0.3 is 0 Å². The molecule has 2 aromatic carbocycles. The van der Waals surface area contributed by atoms with Crippen LogP contribution in [0.3, 0.4) is 0 Å². The monoisotopic (exact) mass is 377 g/mol. The highest BCUT2D eigenvalue weighted by Crippen LogP contribution is 2.25. The lowest BCUT2D eigenvalue weighted by Gasteiger charge is -2.08. The molecule has 0 aliphatic heterocycles. The van der Waals surface area contributed by atoms with E-state index in [1.165, 1.54) is 22.1 Å². The third-order valence-corrected chi connectivity index (χ3v) is 4.82. The number of hydrogen-bond acceptors (Lipinski definition) is 4. The average Bonchev–Trinajstić information content (AvgIpc) is 3.37. The fourth-order valence-corrected chi connectivity index (χ4v) is 3.39. The average molecular weight is 377 g/mol. The second-order valence-corrected chi connectivity index (χ2v) is 6.74. The fraction of sp³-hybridized carbons (Fsp3) is 0.0476. The molecule has 4 aromatic rings. The largest absolute Gasteiger partial charge is 0.366 e. The number of carbonyl (C=O) groups is 1. The molecule has 1 N–H and O–H groups in total. The summed E-state index contributed by atoms with van der Waals surface area (Å²) < 4.78 is 15.5. The van der Waals surface area contributed by atoms with Gasteiger partial charge in [0.25, 0.3) is 5.91 Å². The summed E-state index contributed by atoms with van der Waals surface area (Å²) in [5.41, 5.74) is 2.39. The zero-order chi connectivity index (χ0) is 18.6. The van der Waals surface area contributed by atoms with Gasteiger partial charge in [0, 0.05) is 23.6 Å². The summed E-state index contributed by atoms with van der Waals surface area (Å²) in [6.45, 7) is 0.528. The van der Waals surface area contributed by atoms with Gasteiger partial charge in [-0.05, 0) is 29.1 Å². The smallest absolute Gasteiger partial charge is 0.280 e. The van der Waals surface area contributed by atoms with Gasteiger partial charge in [0.1, 0.15) is 11.6 Å². The summed E-state index contributed by atoms with van der Waals surface area (Å²) in [5, 5.41) is 11.2. The molecule has 0 atom stereocenters. The standard InChI is InChI=1S/C21H16FN3OS/c22-18-9-5-4-8-17(18)19-12-20(23-13-15-6-2-1-3-7-15)25(24-19)21(26)16-10-11-27-14-16/h1-12,14,23H,13H2. The molecule has 134 valence electrons. The Morgan fingerprint density at radius 2 is 1.85 bits per heavy atom. The van der Waals surface area contributed by atoms with Gasteiger partial charge in [0.05, 0.1) is 11.3 Å². The van der Waals surface area contributed by atoms with Crippen LogP contribution in [0, 0.1) is 5.82 Å². The van der Waals surface area contributed by atoms with Crippen LogP contribution in [-0.4, -0.2) is 15.7 Å². The Morgan fingerprint density at radius 3 is 2.59 bits per heavy atom. The van der Waals surface area contributed by atoms with E-state index in [2.05, 4.69) is 10.4 Å². The van der Waals surface area contributed by atoms with E-state index in [9.17, 15) is 9.18 Å². The molecule has 0 amide bonds. The van der Waals surface area contributed by atoms with Crippen molar-refractivity contribution < 1.29 is 9.18 Å². The third kappa shape index (κ3) is 3.66. The van der Waals surface area contributed by atoms with Crippen LogP contribution in [0.15, 0.2) is 77.5 Å². The molecule has 27 heavy (non-hydrogen) atoms. The highest BCUT2D eigenvalue weighted by atomic mass is 32.1. The van der Waals surface area contributed by atoms with Crippen LogP contribution in [0.2, 0.25) is 0 Å². The zero-order valence-corrected chi connectivity index (χ0v) is 15.1. The molecule has 4 rings (SSSR count). The van der Waals surface area contributed by atoms with Crippen LogP contribution < -0.4 is 5.32 Å². The number of benzene rings is 2. The van der Waals surface area contributed by atoms with Crippen molar-refractivity contribution in [3.8, 4) is 11.3 Å². The van der Waals surface area contributed by atoms with E-state index in [-0.39, 0.29) is 11.7 Å². The number of thiophene rings is 1. The summed E-state index contributed by atoms with van der Waals surface area (Å²) in [5.74, 6) is -0.109. The number of nitrogens with zero attached hydrogens (tertiary/aromatic N) is 2. The molecule has 0 bridgehead atoms. The van der Waals surface area contributed by atoms with E-state index >= 15 is 0 Å². The minimum Gasteiger partial charge on any atom is -0.366 e. The van der Waals surface area contributed by atoms with Gasteiger partial charge in [-0.25, -0.2) is 4.39 Å². The van der Waals surface area contributed by atoms with Crippen molar-refractivity contribution in [1.29, 1.82) is 0 Å². The molecule has 0 fully saturated rings. The summed E-state index contributed by atoms with van der Waals surface area (Å²) in [6.07, 6.45) is 0. The van der Waals surface area contributed by atoms with Crippen molar-refractivity contribution in [2.45, 2.75) is 6.54 Å². The van der Waals surface area contributed by atoms with Crippen molar-refractivity contribution in [2.75, 3.05) is 5.32 Å². The molecule has 0 aliphatic rings. The Balaban J connectivity index is 1.71. The van der Waals surface area contributed by atoms with Gasteiger partial charge in [-0.3, -0.25) is 4.79 Å². The predicted molar refractivity (Wildman–Crippen MR) is 105 cm³/mol. The minimum absolute atomic E-state index is 0.255. The second-order valence-electron chi connectivity index (χ2n) is 5.96. The molecule has 0 unspecified atom stereocenters. The van der Waals surface area contributed by atoms with Gasteiger partial charge in [0.15, 0.2) is 0 Å². The highest BCUT2D eigenvalue weighted by Gasteiger charge is 2.18. The molecular weight excluding hydrogens is 361 g/mol. The summed E-state index contributed by atoms with van der Waals surface area (Å²) >= 11 is 1.44. The number of halogens is 1. The first-order chi connectivity index (χ1) is 13.2. The normalized spacial score (nSPS) is 10.7. The Labute approximate surface area is 159 Å². The fourth-order valence-electron chi connectivity index (χ4n) is 2.76. The first kappa shape index (κ1) is 17.2. The van der Waals surface area contributed by atoms with Crippen LogP contribution in [0.1, 0.15) is 15.9 Å². The lowest BCUT2D eigenvalue weighted by atomic mass is 10.1. The Bertz CT molecular complexity index is 1060. The van der Waals surface area contributed by atoms with Gasteiger partial charge < -0.3 is 5.32 Å². The lowest BCUT2D eigenvalue weighted by molar-refractivity contribution is 0.0948. The van der Waals surface area contributed by atoms with Crippen molar-refractivity contribution in [2.24, 2.45) is 0 Å². The maximum absolute atomic E-state index is 14.2. The highest BCUT2D eigenvalue weighted by molar-refractivity contribution is 7.08. The molecule has 0 spiro atoms. The topological polar surface area (TPSA) is 46.9 Å². The first-order valence-corrected chi connectivity index (χ1v) is 9.36. The molecular formula is C21H16FN3OS. The van der Waals surface area contributed by atoms with E-state index in [1.807, 2.05) is 35.7 Å².